The summed E-state index contributed by atoms with van der Waals surface area (Å²) in [6.45, 7) is 9.34. The van der Waals surface area contributed by atoms with Crippen molar-refractivity contribution in [2.45, 2.75) is 34.2 Å². The molecule has 1 atom stereocenters. The Labute approximate surface area is 153 Å². The van der Waals surface area contributed by atoms with E-state index in [2.05, 4.69) is 33.5 Å². The van der Waals surface area contributed by atoms with Gasteiger partial charge in [-0.2, -0.15) is 10.2 Å². The Morgan fingerprint density at radius 1 is 1.27 bits per heavy atom. The summed E-state index contributed by atoms with van der Waals surface area (Å²) in [6.07, 6.45) is 3.29. The minimum Gasteiger partial charge on any atom is -0.352 e. The lowest BCUT2D eigenvalue weighted by Gasteiger charge is -2.14. The van der Waals surface area contributed by atoms with E-state index in [1.54, 1.807) is 17.1 Å². The molecule has 0 spiro atoms. The summed E-state index contributed by atoms with van der Waals surface area (Å²) in [5, 5.41) is 11.8. The molecule has 0 aromatic carbocycles. The first-order chi connectivity index (χ1) is 12.5. The molecule has 136 valence electrons. The number of pyridine rings is 1. The fraction of sp³-hybridized carbons (Fsp3) is 0.368. The number of hydrogen-bond donors (Lipinski definition) is 1. The average molecular weight is 352 g/mol. The predicted octanol–water partition coefficient (Wildman–Crippen LogP) is 2.46. The van der Waals surface area contributed by atoms with E-state index < -0.39 is 0 Å². The highest BCUT2D eigenvalue weighted by Gasteiger charge is 2.16. The van der Waals surface area contributed by atoms with Crippen molar-refractivity contribution in [3.63, 3.8) is 0 Å². The second-order valence-electron chi connectivity index (χ2n) is 6.67. The summed E-state index contributed by atoms with van der Waals surface area (Å²) in [5.74, 6) is 0.843. The van der Waals surface area contributed by atoms with Crippen LogP contribution in [-0.2, 0) is 6.54 Å². The van der Waals surface area contributed by atoms with Crippen LogP contribution in [0.15, 0.2) is 36.7 Å². The lowest BCUT2D eigenvalue weighted by Crippen LogP contribution is -2.30. The highest BCUT2D eigenvalue weighted by Crippen LogP contribution is 2.12. The highest BCUT2D eigenvalue weighted by molar-refractivity contribution is 5.95. The van der Waals surface area contributed by atoms with Gasteiger partial charge in [-0.3, -0.25) is 9.48 Å². The first kappa shape index (κ1) is 17.8. The summed E-state index contributed by atoms with van der Waals surface area (Å²) in [7, 11) is 0. The van der Waals surface area contributed by atoms with Crippen molar-refractivity contribution in [1.29, 1.82) is 0 Å². The van der Waals surface area contributed by atoms with Crippen molar-refractivity contribution < 1.29 is 4.79 Å². The summed E-state index contributed by atoms with van der Waals surface area (Å²) >= 11 is 0. The van der Waals surface area contributed by atoms with Crippen LogP contribution in [0.3, 0.4) is 0 Å². The fourth-order valence-corrected chi connectivity index (χ4v) is 2.92. The molecule has 0 bridgehead atoms. The lowest BCUT2D eigenvalue weighted by molar-refractivity contribution is 0.0946. The van der Waals surface area contributed by atoms with Gasteiger partial charge in [0.05, 0.1) is 23.1 Å². The molecule has 0 unspecified atom stereocenters. The Hall–Kier alpha value is -2.96. The molecule has 3 aromatic rings. The van der Waals surface area contributed by atoms with Crippen molar-refractivity contribution in [2.75, 3.05) is 6.54 Å². The van der Waals surface area contributed by atoms with Gasteiger partial charge in [-0.1, -0.05) is 13.0 Å². The summed E-state index contributed by atoms with van der Waals surface area (Å²) in [4.78, 5) is 16.8. The normalized spacial score (nSPS) is 12.2. The topological polar surface area (TPSA) is 77.6 Å². The zero-order valence-electron chi connectivity index (χ0n) is 15.6. The van der Waals surface area contributed by atoms with Gasteiger partial charge in [0, 0.05) is 25.0 Å². The van der Waals surface area contributed by atoms with Gasteiger partial charge in [-0.05, 0) is 44.9 Å². The molecule has 0 aliphatic rings. The van der Waals surface area contributed by atoms with Crippen LogP contribution >= 0.6 is 0 Å². The van der Waals surface area contributed by atoms with Crippen molar-refractivity contribution in [3.8, 4) is 5.82 Å². The molecule has 0 aliphatic carbocycles. The molecular formula is C19H24N6O. The van der Waals surface area contributed by atoms with Crippen LogP contribution in [0, 0.1) is 26.7 Å². The van der Waals surface area contributed by atoms with Crippen LogP contribution in [0.25, 0.3) is 5.82 Å². The van der Waals surface area contributed by atoms with E-state index in [0.29, 0.717) is 17.9 Å². The van der Waals surface area contributed by atoms with Crippen molar-refractivity contribution in [1.82, 2.24) is 29.9 Å². The van der Waals surface area contributed by atoms with Crippen LogP contribution in [0.1, 0.15) is 34.4 Å². The van der Waals surface area contributed by atoms with E-state index in [1.807, 2.05) is 43.7 Å². The van der Waals surface area contributed by atoms with Gasteiger partial charge in [0.2, 0.25) is 0 Å². The minimum absolute atomic E-state index is 0.120. The maximum absolute atomic E-state index is 12.5. The predicted molar refractivity (Wildman–Crippen MR) is 99.3 cm³/mol. The van der Waals surface area contributed by atoms with Crippen molar-refractivity contribution in [3.05, 3.63) is 59.3 Å². The quantitative estimate of drug-likeness (QED) is 0.739. The van der Waals surface area contributed by atoms with E-state index >= 15 is 0 Å². The molecule has 3 rings (SSSR count). The summed E-state index contributed by atoms with van der Waals surface area (Å²) in [6, 6.07) is 7.66. The molecule has 7 heteroatoms. The maximum Gasteiger partial charge on any atom is 0.254 e. The first-order valence-electron chi connectivity index (χ1n) is 8.71. The largest absolute Gasteiger partial charge is 0.352 e. The summed E-state index contributed by atoms with van der Waals surface area (Å²) < 4.78 is 3.66. The molecule has 1 N–H and O–H groups in total. The van der Waals surface area contributed by atoms with Crippen LogP contribution in [-0.4, -0.2) is 37.0 Å². The molecule has 1 amide bonds. The molecule has 0 aliphatic heterocycles. The fourth-order valence-electron chi connectivity index (χ4n) is 2.92. The molecule has 0 saturated carbocycles. The Morgan fingerprint density at radius 3 is 2.73 bits per heavy atom. The lowest BCUT2D eigenvalue weighted by atomic mass is 10.1. The first-order valence-corrected chi connectivity index (χ1v) is 8.71. The number of rotatable bonds is 6. The smallest absolute Gasteiger partial charge is 0.254 e. The van der Waals surface area contributed by atoms with E-state index in [-0.39, 0.29) is 11.8 Å². The van der Waals surface area contributed by atoms with Gasteiger partial charge in [0.1, 0.15) is 0 Å². The van der Waals surface area contributed by atoms with E-state index in [1.165, 1.54) is 0 Å². The summed E-state index contributed by atoms with van der Waals surface area (Å²) in [5.41, 5.74) is 3.48. The van der Waals surface area contributed by atoms with E-state index in [4.69, 9.17) is 0 Å². The van der Waals surface area contributed by atoms with E-state index in [9.17, 15) is 4.79 Å². The Balaban J connectivity index is 1.62. The molecule has 0 fully saturated rings. The molecule has 26 heavy (non-hydrogen) atoms. The maximum atomic E-state index is 12.5. The van der Waals surface area contributed by atoms with Crippen molar-refractivity contribution >= 4 is 5.91 Å². The standard InChI is InChI=1S/C19H24N6O/c1-13(12-24-15(3)9-14(2)23-24)10-21-19(26)17-11-22-25(16(17)4)18-7-5-6-8-20-18/h5-9,11,13H,10,12H2,1-4H3,(H,21,26)/t13-/m0/s1. The van der Waals surface area contributed by atoms with Crippen LogP contribution in [0.5, 0.6) is 0 Å². The van der Waals surface area contributed by atoms with Crippen LogP contribution in [0.4, 0.5) is 0 Å². The number of aryl methyl sites for hydroxylation is 2. The zero-order valence-corrected chi connectivity index (χ0v) is 15.6. The Morgan fingerprint density at radius 2 is 2.08 bits per heavy atom. The van der Waals surface area contributed by atoms with Gasteiger partial charge in [0.25, 0.3) is 5.91 Å². The molecule has 3 heterocycles. The Kier molecular flexibility index (Phi) is 5.16. The molecular weight excluding hydrogens is 328 g/mol. The second-order valence-corrected chi connectivity index (χ2v) is 6.67. The second kappa shape index (κ2) is 7.51. The van der Waals surface area contributed by atoms with Gasteiger partial charge >= 0.3 is 0 Å². The van der Waals surface area contributed by atoms with Gasteiger partial charge in [-0.25, -0.2) is 9.67 Å². The molecule has 3 aromatic heterocycles. The highest BCUT2D eigenvalue weighted by atomic mass is 16.1. The van der Waals surface area contributed by atoms with Gasteiger partial charge in [0.15, 0.2) is 5.82 Å². The number of nitrogens with one attached hydrogen (secondary N) is 1. The number of carbonyl (C=O) groups excluding carboxylic acids is 1. The van der Waals surface area contributed by atoms with E-state index in [0.717, 1.165) is 23.6 Å². The molecule has 0 saturated heterocycles. The molecule has 7 nitrogen and oxygen atoms in total. The van der Waals surface area contributed by atoms with Crippen LogP contribution < -0.4 is 5.32 Å². The number of nitrogens with zero attached hydrogens (tertiary/aromatic N) is 5. The SMILES string of the molecule is Cc1cc(C)n(C[C@@H](C)CNC(=O)c2cnn(-c3ccccn3)c2C)n1. The van der Waals surface area contributed by atoms with Crippen LogP contribution in [0.2, 0.25) is 0 Å². The minimum atomic E-state index is -0.120. The number of amides is 1. The molecule has 0 radical (unpaired) electrons. The average Bonchev–Trinajstić information content (AvgIpc) is 3.15. The third-order valence-electron chi connectivity index (χ3n) is 4.32. The number of carbonyl (C=O) groups is 1. The zero-order chi connectivity index (χ0) is 18.7. The third kappa shape index (κ3) is 3.82. The number of hydrogen-bond acceptors (Lipinski definition) is 4. The van der Waals surface area contributed by atoms with Gasteiger partial charge < -0.3 is 5.32 Å². The number of aromatic nitrogens is 5. The third-order valence-corrected chi connectivity index (χ3v) is 4.32. The van der Waals surface area contributed by atoms with Crippen molar-refractivity contribution in [2.24, 2.45) is 5.92 Å². The monoisotopic (exact) mass is 352 g/mol. The Bertz CT molecular complexity index is 896. The van der Waals surface area contributed by atoms with Gasteiger partial charge in [-0.15, -0.1) is 0 Å².